The van der Waals surface area contributed by atoms with Crippen molar-refractivity contribution < 1.29 is 16.5 Å². The summed E-state index contributed by atoms with van der Waals surface area (Å²) < 4.78 is 0. The zero-order valence-electron chi connectivity index (χ0n) is 14.7. The molecule has 4 aromatic carbocycles. The van der Waals surface area contributed by atoms with Gasteiger partial charge in [0.25, 0.3) is 0 Å². The fourth-order valence-electron chi connectivity index (χ4n) is 2.52. The summed E-state index contributed by atoms with van der Waals surface area (Å²) >= 11 is 0. The van der Waals surface area contributed by atoms with Crippen molar-refractivity contribution in [1.29, 1.82) is 0 Å². The molecule has 0 fully saturated rings. The molecule has 140 valence electrons. The van der Waals surface area contributed by atoms with Crippen molar-refractivity contribution in [3.63, 3.8) is 0 Å². The van der Waals surface area contributed by atoms with Crippen molar-refractivity contribution in [2.24, 2.45) is 0 Å². The van der Waals surface area contributed by atoms with Gasteiger partial charge in [-0.05, 0) is 23.8 Å². The van der Waals surface area contributed by atoms with Crippen LogP contribution >= 0.6 is 20.3 Å². The molecule has 4 rings (SSSR count). The van der Waals surface area contributed by atoms with Crippen LogP contribution < -0.4 is 15.9 Å². The molecule has 0 saturated carbocycles. The van der Waals surface area contributed by atoms with Gasteiger partial charge in [0.1, 0.15) is 0 Å². The molecule has 0 unspecified atom stereocenters. The minimum Gasteiger partial charge on any atom is -0.184 e. The maximum Gasteiger partial charge on any atom is 0 e. The Morgan fingerprint density at radius 1 is 0.444 bits per heavy atom. The number of halogens is 1. The quantitative estimate of drug-likeness (QED) is 0.232. The van der Waals surface area contributed by atoms with E-state index in [1.165, 1.54) is 15.9 Å². The van der Waals surface area contributed by atoms with Crippen LogP contribution in [-0.2, 0) is 16.5 Å². The Bertz CT molecular complexity index is 720. The van der Waals surface area contributed by atoms with Crippen molar-refractivity contribution >= 4 is 36.2 Å². The van der Waals surface area contributed by atoms with Crippen LogP contribution in [0.2, 0.25) is 0 Å². The molecular weight excluding hydrogens is 413 g/mol. The minimum absolute atomic E-state index is 0. The smallest absolute Gasteiger partial charge is 0 e. The van der Waals surface area contributed by atoms with Gasteiger partial charge in [0.15, 0.2) is 0 Å². The first-order valence-electron chi connectivity index (χ1n) is 8.31. The molecule has 0 spiro atoms. The van der Waals surface area contributed by atoms with Crippen molar-refractivity contribution in [3.8, 4) is 0 Å². The molecule has 0 bridgehead atoms. The second-order valence-electron chi connectivity index (χ2n) is 5.42. The van der Waals surface area contributed by atoms with Gasteiger partial charge in [0.2, 0.25) is 0 Å². The summed E-state index contributed by atoms with van der Waals surface area (Å²) in [4.78, 5) is 0. The van der Waals surface area contributed by atoms with Crippen molar-refractivity contribution in [2.75, 3.05) is 0 Å². The molecule has 0 nitrogen and oxygen atoms in total. The van der Waals surface area contributed by atoms with E-state index >= 15 is 0 Å². The van der Waals surface area contributed by atoms with Gasteiger partial charge in [-0.1, -0.05) is 91.0 Å². The van der Waals surface area contributed by atoms with Crippen LogP contribution in [0.3, 0.4) is 0 Å². The third-order valence-electron chi connectivity index (χ3n) is 3.65. The third-order valence-corrected chi connectivity index (χ3v) is 6.09. The number of rotatable bonds is 3. The van der Waals surface area contributed by atoms with E-state index in [9.17, 15) is 0 Å². The van der Waals surface area contributed by atoms with Gasteiger partial charge < -0.3 is 0 Å². The summed E-state index contributed by atoms with van der Waals surface area (Å²) in [5.74, 6) is 0. The van der Waals surface area contributed by atoms with Crippen LogP contribution in [0.4, 0.5) is 0 Å². The zero-order chi connectivity index (χ0) is 17.2. The van der Waals surface area contributed by atoms with Gasteiger partial charge >= 0.3 is 0 Å². The molecule has 27 heavy (non-hydrogen) atoms. The third kappa shape index (κ3) is 7.32. The molecule has 0 aliphatic carbocycles. The first kappa shape index (κ1) is 23.1. The second-order valence-corrected chi connectivity index (χ2v) is 7.64. The summed E-state index contributed by atoms with van der Waals surface area (Å²) in [6.07, 6.45) is 0. The first-order valence-corrected chi connectivity index (χ1v) is 9.66. The van der Waals surface area contributed by atoms with Gasteiger partial charge in [-0.2, -0.15) is 36.4 Å². The van der Waals surface area contributed by atoms with Gasteiger partial charge in [0.05, 0.1) is 0 Å². The van der Waals surface area contributed by atoms with E-state index in [1.54, 1.807) is 0 Å². The Balaban J connectivity index is 0.000000393. The first-order chi connectivity index (χ1) is 12.4. The number of benzene rings is 4. The Morgan fingerprint density at radius 2 is 0.741 bits per heavy atom. The molecule has 0 aliphatic heterocycles. The average molecular weight is 435 g/mol. The maximum atomic E-state index is 2.89. The predicted molar refractivity (Wildman–Crippen MR) is 118 cm³/mol. The van der Waals surface area contributed by atoms with Gasteiger partial charge in [-0.15, -0.1) is 12.4 Å². The zero-order valence-corrected chi connectivity index (χ0v) is 17.4. The van der Waals surface area contributed by atoms with E-state index < -0.39 is 7.92 Å². The molecule has 0 N–H and O–H groups in total. The van der Waals surface area contributed by atoms with E-state index in [0.717, 1.165) is 0 Å². The topological polar surface area (TPSA) is 0 Å². The fraction of sp³-hybridized carbons (Fsp3) is 0. The van der Waals surface area contributed by atoms with E-state index in [4.69, 9.17) is 0 Å². The van der Waals surface area contributed by atoms with E-state index in [-0.39, 0.29) is 28.9 Å². The molecular formula is C24H21ClNiP-. The minimum atomic E-state index is -0.446. The standard InChI is InChI=1S/C18H15P.C6H5.ClH.Ni/c1-4-10-16(11-5-1)19(17-12-6-2-7-13-17)18-14-8-3-9-15-18;1-2-4-6-5-3-1;;/h1-15H;1-5H;1H;/q;-1;;. The fourth-order valence-corrected chi connectivity index (χ4v) is 4.83. The molecule has 0 heterocycles. The largest absolute Gasteiger partial charge is 0.184 e. The molecule has 0 atom stereocenters. The van der Waals surface area contributed by atoms with Crippen molar-refractivity contribution in [2.45, 2.75) is 0 Å². The Labute approximate surface area is 179 Å². The molecule has 0 aliphatic rings. The molecule has 0 aromatic heterocycles. The van der Waals surface area contributed by atoms with Gasteiger partial charge in [-0.25, -0.2) is 0 Å². The van der Waals surface area contributed by atoms with Gasteiger partial charge in [0, 0.05) is 16.5 Å². The summed E-state index contributed by atoms with van der Waals surface area (Å²) in [5.41, 5.74) is 0. The van der Waals surface area contributed by atoms with Crippen LogP contribution in [0.25, 0.3) is 0 Å². The van der Waals surface area contributed by atoms with Crippen LogP contribution in [0.1, 0.15) is 0 Å². The molecule has 3 heteroatoms. The second kappa shape index (κ2) is 13.3. The van der Waals surface area contributed by atoms with E-state index in [2.05, 4.69) is 97.1 Å². The van der Waals surface area contributed by atoms with Crippen LogP contribution in [-0.4, -0.2) is 0 Å². The van der Waals surface area contributed by atoms with Crippen LogP contribution in [0, 0.1) is 6.07 Å². The van der Waals surface area contributed by atoms with Crippen LogP contribution in [0.5, 0.6) is 0 Å². The monoisotopic (exact) mass is 433 g/mol. The Kier molecular flexibility index (Phi) is 11.4. The molecule has 0 saturated heterocycles. The molecule has 0 amide bonds. The number of hydrogen-bond donors (Lipinski definition) is 0. The molecule has 4 aromatic rings. The average Bonchev–Trinajstić information content (AvgIpc) is 2.72. The predicted octanol–water partition coefficient (Wildman–Crippen LogP) is 5.35. The normalized spacial score (nSPS) is 9.22. The van der Waals surface area contributed by atoms with Crippen LogP contribution in [0.15, 0.2) is 121 Å². The Morgan fingerprint density at radius 3 is 0.963 bits per heavy atom. The number of hydrogen-bond acceptors (Lipinski definition) is 0. The maximum absolute atomic E-state index is 2.89. The van der Waals surface area contributed by atoms with E-state index in [0.29, 0.717) is 0 Å². The molecule has 0 radical (unpaired) electrons. The Hall–Kier alpha value is -1.91. The summed E-state index contributed by atoms with van der Waals surface area (Å²) in [5, 5.41) is 4.19. The summed E-state index contributed by atoms with van der Waals surface area (Å²) in [7, 11) is -0.446. The SMILES string of the molecule is Cl.[Ni].[c-]1ccccc1.c1ccc(P(c2ccccc2)c2ccccc2)cc1. The summed E-state index contributed by atoms with van der Waals surface area (Å²) in [6, 6.07) is 44.8. The van der Waals surface area contributed by atoms with E-state index in [1.807, 2.05) is 30.3 Å². The van der Waals surface area contributed by atoms with Gasteiger partial charge in [-0.3, -0.25) is 0 Å². The van der Waals surface area contributed by atoms with Crippen molar-refractivity contribution in [1.82, 2.24) is 0 Å². The summed E-state index contributed by atoms with van der Waals surface area (Å²) in [6.45, 7) is 0. The van der Waals surface area contributed by atoms with Crippen molar-refractivity contribution in [3.05, 3.63) is 127 Å².